The maximum atomic E-state index is 12.6. The first-order chi connectivity index (χ1) is 13.3. The summed E-state index contributed by atoms with van der Waals surface area (Å²) in [5.41, 5.74) is 4.87. The van der Waals surface area contributed by atoms with Crippen LogP contribution >= 0.6 is 0 Å². The molecule has 1 aliphatic heterocycles. The number of benzene rings is 2. The van der Waals surface area contributed by atoms with E-state index in [4.69, 9.17) is 10.00 Å². The summed E-state index contributed by atoms with van der Waals surface area (Å²) in [6.45, 7) is 2.43. The molecule has 0 radical (unpaired) electrons. The van der Waals surface area contributed by atoms with E-state index < -0.39 is 0 Å². The monoisotopic (exact) mass is 358 g/mol. The summed E-state index contributed by atoms with van der Waals surface area (Å²) < 4.78 is 5.72. The largest absolute Gasteiger partial charge is 0.448 e. The number of allylic oxidation sites excluding steroid dienone is 1. The fourth-order valence-electron chi connectivity index (χ4n) is 4.19. The van der Waals surface area contributed by atoms with Gasteiger partial charge in [-0.2, -0.15) is 5.26 Å². The van der Waals surface area contributed by atoms with Crippen molar-refractivity contribution < 1.29 is 9.53 Å². The molecule has 0 spiro atoms. The quantitative estimate of drug-likeness (QED) is 0.566. The lowest BCUT2D eigenvalue weighted by Crippen LogP contribution is -2.19. The van der Waals surface area contributed by atoms with Crippen molar-refractivity contribution in [2.75, 3.05) is 6.61 Å². The van der Waals surface area contributed by atoms with Crippen LogP contribution in [0.2, 0.25) is 0 Å². The molecule has 2 aromatic carbocycles. The Labute approximate surface area is 159 Å². The zero-order valence-corrected chi connectivity index (χ0v) is 15.3. The third-order valence-electron chi connectivity index (χ3n) is 5.48. The third kappa shape index (κ3) is 3.10. The van der Waals surface area contributed by atoms with Crippen molar-refractivity contribution >= 4 is 6.09 Å². The van der Waals surface area contributed by atoms with Gasteiger partial charge in [-0.05, 0) is 34.8 Å². The zero-order valence-electron chi connectivity index (χ0n) is 15.3. The van der Waals surface area contributed by atoms with E-state index in [1.54, 1.807) is 11.0 Å². The lowest BCUT2D eigenvalue weighted by Gasteiger charge is -2.14. The van der Waals surface area contributed by atoms with Crippen LogP contribution in [0.15, 0.2) is 60.7 Å². The van der Waals surface area contributed by atoms with Gasteiger partial charge in [0.15, 0.2) is 0 Å². The first-order valence-electron chi connectivity index (χ1n) is 9.45. The molecule has 0 aromatic heterocycles. The van der Waals surface area contributed by atoms with Crippen molar-refractivity contribution in [3.05, 3.63) is 71.8 Å². The Morgan fingerprint density at radius 3 is 2.37 bits per heavy atom. The molecule has 27 heavy (non-hydrogen) atoms. The highest BCUT2D eigenvalue weighted by Gasteiger charge is 2.49. The van der Waals surface area contributed by atoms with Crippen molar-refractivity contribution in [2.24, 2.45) is 0 Å². The zero-order chi connectivity index (χ0) is 18.8. The van der Waals surface area contributed by atoms with Gasteiger partial charge in [0.1, 0.15) is 6.61 Å². The summed E-state index contributed by atoms with van der Waals surface area (Å²) in [5.74, 6) is 0.0685. The summed E-state index contributed by atoms with van der Waals surface area (Å²) >= 11 is 0. The highest BCUT2D eigenvalue weighted by atomic mass is 16.6. The summed E-state index contributed by atoms with van der Waals surface area (Å²) in [6.07, 6.45) is 4.87. The molecule has 1 saturated heterocycles. The molecule has 2 atom stereocenters. The molecule has 0 bridgehead atoms. The molecule has 1 aliphatic carbocycles. The van der Waals surface area contributed by atoms with Crippen LogP contribution < -0.4 is 0 Å². The van der Waals surface area contributed by atoms with E-state index in [1.807, 2.05) is 30.3 Å². The number of hydrogen-bond acceptors (Lipinski definition) is 3. The van der Waals surface area contributed by atoms with Gasteiger partial charge >= 0.3 is 6.09 Å². The smallest absolute Gasteiger partial charge is 0.410 e. The van der Waals surface area contributed by atoms with Gasteiger partial charge in [-0.15, -0.1) is 0 Å². The molecule has 0 saturated carbocycles. The molecule has 1 amide bonds. The van der Waals surface area contributed by atoms with Crippen molar-refractivity contribution in [1.82, 2.24) is 4.90 Å². The molecule has 4 heteroatoms. The van der Waals surface area contributed by atoms with Crippen LogP contribution in [0.3, 0.4) is 0 Å². The van der Waals surface area contributed by atoms with Gasteiger partial charge in [-0.3, -0.25) is 4.90 Å². The van der Waals surface area contributed by atoms with Crippen molar-refractivity contribution in [1.29, 1.82) is 5.26 Å². The number of nitriles is 1. The molecular formula is C23H22N2O2. The summed E-state index contributed by atoms with van der Waals surface area (Å²) in [4.78, 5) is 14.4. The lowest BCUT2D eigenvalue weighted by molar-refractivity contribution is 0.124. The fraction of sp³-hybridized carbons (Fsp3) is 0.304. The van der Waals surface area contributed by atoms with E-state index >= 15 is 0 Å². The molecule has 4 nitrogen and oxygen atoms in total. The normalized spacial score (nSPS) is 20.2. The fourth-order valence-corrected chi connectivity index (χ4v) is 4.19. The van der Waals surface area contributed by atoms with Gasteiger partial charge in [0, 0.05) is 12.0 Å². The predicted octanol–water partition coefficient (Wildman–Crippen LogP) is 4.87. The Bertz CT molecular complexity index is 882. The second-order valence-electron chi connectivity index (χ2n) is 7.05. The van der Waals surface area contributed by atoms with Crippen LogP contribution in [0, 0.1) is 11.3 Å². The van der Waals surface area contributed by atoms with Crippen LogP contribution in [0.4, 0.5) is 4.79 Å². The Morgan fingerprint density at radius 1 is 1.15 bits per heavy atom. The first-order valence-corrected chi connectivity index (χ1v) is 9.45. The minimum absolute atomic E-state index is 0.0137. The molecule has 0 N–H and O–H groups in total. The number of amides is 1. The molecule has 136 valence electrons. The van der Waals surface area contributed by atoms with Gasteiger partial charge in [0.25, 0.3) is 0 Å². The Hall–Kier alpha value is -3.06. The summed E-state index contributed by atoms with van der Waals surface area (Å²) in [7, 11) is 0. The summed E-state index contributed by atoms with van der Waals surface area (Å²) in [5, 5.41) is 8.75. The Balaban J connectivity index is 1.48. The van der Waals surface area contributed by atoms with Crippen LogP contribution in [-0.4, -0.2) is 29.7 Å². The topological polar surface area (TPSA) is 53.1 Å². The third-order valence-corrected chi connectivity index (χ3v) is 5.48. The molecule has 2 aliphatic rings. The second kappa shape index (κ2) is 7.28. The average Bonchev–Trinajstić information content (AvgIpc) is 3.29. The standard InChI is InChI=1S/C23H22N2O2/c1-2-8-21-22(13-7-14-24)25(21)23(26)27-15-20-18-11-5-3-9-16(18)17-10-4-6-12-19(17)20/h3-7,9-13,20-22H,2,8,15H2,1H3/b13-7+/t21-,22-,25?/m1/s1. The average molecular weight is 358 g/mol. The van der Waals surface area contributed by atoms with Gasteiger partial charge in [-0.1, -0.05) is 61.9 Å². The van der Waals surface area contributed by atoms with E-state index in [9.17, 15) is 4.79 Å². The Morgan fingerprint density at radius 2 is 1.78 bits per heavy atom. The van der Waals surface area contributed by atoms with Crippen LogP contribution in [-0.2, 0) is 4.74 Å². The molecule has 1 fully saturated rings. The molecule has 2 aromatic rings. The van der Waals surface area contributed by atoms with Gasteiger partial charge in [0.2, 0.25) is 0 Å². The van der Waals surface area contributed by atoms with E-state index in [-0.39, 0.29) is 24.1 Å². The molecular weight excluding hydrogens is 336 g/mol. The van der Waals surface area contributed by atoms with Crippen LogP contribution in [0.1, 0.15) is 36.8 Å². The van der Waals surface area contributed by atoms with E-state index in [2.05, 4.69) is 31.2 Å². The van der Waals surface area contributed by atoms with E-state index in [0.717, 1.165) is 12.8 Å². The summed E-state index contributed by atoms with van der Waals surface area (Å²) in [6, 6.07) is 18.8. The minimum Gasteiger partial charge on any atom is -0.448 e. The first kappa shape index (κ1) is 17.4. The van der Waals surface area contributed by atoms with Crippen molar-refractivity contribution in [3.63, 3.8) is 0 Å². The lowest BCUT2D eigenvalue weighted by atomic mass is 9.98. The van der Waals surface area contributed by atoms with Crippen LogP contribution in [0.25, 0.3) is 11.1 Å². The maximum absolute atomic E-state index is 12.6. The highest BCUT2D eigenvalue weighted by Crippen LogP contribution is 2.44. The Kier molecular flexibility index (Phi) is 4.68. The highest BCUT2D eigenvalue weighted by molar-refractivity contribution is 5.79. The van der Waals surface area contributed by atoms with Gasteiger partial charge < -0.3 is 4.74 Å². The second-order valence-corrected chi connectivity index (χ2v) is 7.05. The van der Waals surface area contributed by atoms with E-state index in [0.29, 0.717) is 6.61 Å². The SMILES string of the molecule is CCC[C@@H]1[C@@H](/C=C/C#N)N1C(=O)OCC1c2ccccc2-c2ccccc21. The van der Waals surface area contributed by atoms with Gasteiger partial charge in [0.05, 0.1) is 18.2 Å². The number of carbonyl (C=O) groups excluding carboxylic acids is 1. The number of ether oxygens (including phenoxy) is 1. The van der Waals surface area contributed by atoms with E-state index in [1.165, 1.54) is 28.3 Å². The minimum atomic E-state index is -0.289. The number of fused-ring (bicyclic) bond motifs is 3. The molecule has 0 unspecified atom stereocenters. The number of nitrogens with zero attached hydrogens (tertiary/aromatic N) is 2. The van der Waals surface area contributed by atoms with Gasteiger partial charge in [-0.25, -0.2) is 4.79 Å². The van der Waals surface area contributed by atoms with Crippen molar-refractivity contribution in [3.8, 4) is 17.2 Å². The maximum Gasteiger partial charge on any atom is 0.410 e. The molecule has 4 rings (SSSR count). The predicted molar refractivity (Wildman–Crippen MR) is 104 cm³/mol. The number of carbonyl (C=O) groups is 1. The number of hydrogen-bond donors (Lipinski definition) is 0. The molecule has 1 heterocycles. The van der Waals surface area contributed by atoms with Crippen LogP contribution in [0.5, 0.6) is 0 Å². The van der Waals surface area contributed by atoms with Crippen molar-refractivity contribution in [2.45, 2.75) is 37.8 Å². The number of rotatable bonds is 5.